The third-order valence-electron chi connectivity index (χ3n) is 4.91. The van der Waals surface area contributed by atoms with Crippen molar-refractivity contribution in [1.82, 2.24) is 29.5 Å². The van der Waals surface area contributed by atoms with E-state index >= 15 is 0 Å². The van der Waals surface area contributed by atoms with E-state index in [-0.39, 0.29) is 12.6 Å². The van der Waals surface area contributed by atoms with E-state index < -0.39 is 0 Å². The van der Waals surface area contributed by atoms with Crippen LogP contribution in [0, 0.1) is 6.92 Å². The van der Waals surface area contributed by atoms with Crippen LogP contribution in [0.3, 0.4) is 0 Å². The number of anilines is 1. The number of rotatable bonds is 3. The van der Waals surface area contributed by atoms with Gasteiger partial charge in [0.05, 0.1) is 35.5 Å². The van der Waals surface area contributed by atoms with Crippen molar-refractivity contribution >= 4 is 11.5 Å². The van der Waals surface area contributed by atoms with Gasteiger partial charge in [-0.15, -0.1) is 0 Å². The molecule has 0 saturated carbocycles. The molecule has 0 aromatic carbocycles. The molecule has 0 saturated heterocycles. The Balaban J connectivity index is 1.67. The highest BCUT2D eigenvalue weighted by Gasteiger charge is 2.34. The van der Waals surface area contributed by atoms with Crippen molar-refractivity contribution in [3.63, 3.8) is 0 Å². The molecule has 136 valence electrons. The minimum Gasteiger partial charge on any atom is -0.390 e. The van der Waals surface area contributed by atoms with E-state index in [4.69, 9.17) is 5.10 Å². The summed E-state index contributed by atoms with van der Waals surface area (Å²) in [7, 11) is 0. The van der Waals surface area contributed by atoms with E-state index in [0.29, 0.717) is 11.6 Å². The molecule has 8 heteroatoms. The third-order valence-corrected chi connectivity index (χ3v) is 4.91. The smallest absolute Gasteiger partial charge is 0.226 e. The number of aryl methyl sites for hydroxylation is 1. The summed E-state index contributed by atoms with van der Waals surface area (Å²) in [6, 6.07) is 9.67. The number of hydrogen-bond donors (Lipinski definition) is 2. The second kappa shape index (κ2) is 6.17. The lowest BCUT2D eigenvalue weighted by Gasteiger charge is -2.34. The molecule has 0 amide bonds. The van der Waals surface area contributed by atoms with Gasteiger partial charge in [0.2, 0.25) is 5.95 Å². The van der Waals surface area contributed by atoms with Gasteiger partial charge in [-0.3, -0.25) is 0 Å². The first kappa shape index (κ1) is 16.0. The van der Waals surface area contributed by atoms with Crippen LogP contribution in [0.25, 0.3) is 5.52 Å². The van der Waals surface area contributed by atoms with E-state index in [9.17, 15) is 5.11 Å². The second-order valence-electron chi connectivity index (χ2n) is 6.71. The Morgan fingerprint density at radius 2 is 2.19 bits per heavy atom. The number of aliphatic hydroxyl groups excluding tert-OH is 1. The highest BCUT2D eigenvalue weighted by molar-refractivity contribution is 5.52. The van der Waals surface area contributed by atoms with Gasteiger partial charge in [0.1, 0.15) is 6.04 Å². The largest absolute Gasteiger partial charge is 0.390 e. The van der Waals surface area contributed by atoms with Crippen molar-refractivity contribution in [2.24, 2.45) is 0 Å². The zero-order valence-electron chi connectivity index (χ0n) is 14.9. The molecule has 0 bridgehead atoms. The minimum absolute atomic E-state index is 0.114. The number of aromatic nitrogens is 6. The maximum absolute atomic E-state index is 9.55. The van der Waals surface area contributed by atoms with Crippen molar-refractivity contribution in [2.45, 2.75) is 26.0 Å². The SMILES string of the molecule is Cc1cc(CO)nc(N2CCc3[nH]cnc3[C@H]2c2cc3ccccn3n2)n1. The molecule has 5 heterocycles. The lowest BCUT2D eigenvalue weighted by Crippen LogP contribution is -2.38. The van der Waals surface area contributed by atoms with Crippen LogP contribution in [-0.2, 0) is 13.0 Å². The summed E-state index contributed by atoms with van der Waals surface area (Å²) >= 11 is 0. The second-order valence-corrected chi connectivity index (χ2v) is 6.71. The van der Waals surface area contributed by atoms with Gasteiger partial charge in [-0.2, -0.15) is 5.10 Å². The number of pyridine rings is 1. The number of H-pyrrole nitrogens is 1. The molecule has 0 spiro atoms. The Hall–Kier alpha value is -3.26. The van der Waals surface area contributed by atoms with E-state index in [0.717, 1.165) is 41.3 Å². The average molecular weight is 361 g/mol. The van der Waals surface area contributed by atoms with Gasteiger partial charge in [-0.05, 0) is 31.2 Å². The van der Waals surface area contributed by atoms with Gasteiger partial charge in [0, 0.05) is 30.6 Å². The van der Waals surface area contributed by atoms with Gasteiger partial charge >= 0.3 is 0 Å². The fourth-order valence-corrected chi connectivity index (χ4v) is 3.71. The van der Waals surface area contributed by atoms with Crippen molar-refractivity contribution in [3.05, 3.63) is 71.3 Å². The van der Waals surface area contributed by atoms with Crippen molar-refractivity contribution in [2.75, 3.05) is 11.4 Å². The Morgan fingerprint density at radius 1 is 1.26 bits per heavy atom. The maximum atomic E-state index is 9.55. The molecule has 0 fully saturated rings. The zero-order chi connectivity index (χ0) is 18.4. The van der Waals surface area contributed by atoms with Crippen LogP contribution in [0.2, 0.25) is 0 Å². The van der Waals surface area contributed by atoms with Gasteiger partial charge in [-0.25, -0.2) is 19.5 Å². The molecule has 0 aliphatic carbocycles. The fourth-order valence-electron chi connectivity index (χ4n) is 3.71. The van der Waals surface area contributed by atoms with Gasteiger partial charge in [0.25, 0.3) is 0 Å². The monoisotopic (exact) mass is 361 g/mol. The van der Waals surface area contributed by atoms with E-state index in [1.54, 1.807) is 12.4 Å². The number of nitrogens with zero attached hydrogens (tertiary/aromatic N) is 6. The summed E-state index contributed by atoms with van der Waals surface area (Å²) in [6.45, 7) is 2.53. The molecule has 1 atom stereocenters. The quantitative estimate of drug-likeness (QED) is 0.578. The van der Waals surface area contributed by atoms with Crippen molar-refractivity contribution in [1.29, 1.82) is 0 Å². The van der Waals surface area contributed by atoms with Crippen LogP contribution in [0.5, 0.6) is 0 Å². The molecule has 8 nitrogen and oxygen atoms in total. The molecule has 27 heavy (non-hydrogen) atoms. The standard InChI is InChI=1S/C19H19N7O/c1-12-8-13(10-27)23-19(22-12)25-7-5-15-17(21-11-20-15)18(25)16-9-14-4-2-3-6-26(14)24-16/h2-4,6,8-9,11,18,27H,5,7,10H2,1H3,(H,20,21)/t18-/m1/s1. The summed E-state index contributed by atoms with van der Waals surface area (Å²) in [6.07, 6.45) is 4.49. The first-order valence-corrected chi connectivity index (χ1v) is 8.91. The molecule has 5 rings (SSSR count). The van der Waals surface area contributed by atoms with E-state index in [2.05, 4.69) is 30.9 Å². The molecule has 2 N–H and O–H groups in total. The molecule has 1 aliphatic heterocycles. The summed E-state index contributed by atoms with van der Waals surface area (Å²) in [4.78, 5) is 19.1. The summed E-state index contributed by atoms with van der Waals surface area (Å²) in [5, 5.41) is 14.3. The van der Waals surface area contributed by atoms with Crippen molar-refractivity contribution < 1.29 is 5.11 Å². The van der Waals surface area contributed by atoms with Gasteiger partial charge < -0.3 is 15.0 Å². The Morgan fingerprint density at radius 3 is 3.04 bits per heavy atom. The summed E-state index contributed by atoms with van der Waals surface area (Å²) in [5.74, 6) is 0.592. The molecular weight excluding hydrogens is 342 g/mol. The highest BCUT2D eigenvalue weighted by Crippen LogP contribution is 2.35. The Bertz CT molecular complexity index is 1080. The summed E-state index contributed by atoms with van der Waals surface area (Å²) in [5.41, 5.74) is 5.41. The first-order chi connectivity index (χ1) is 13.2. The molecule has 4 aromatic rings. The Labute approximate surface area is 155 Å². The summed E-state index contributed by atoms with van der Waals surface area (Å²) < 4.78 is 1.87. The van der Waals surface area contributed by atoms with Crippen molar-refractivity contribution in [3.8, 4) is 0 Å². The van der Waals surface area contributed by atoms with Gasteiger partial charge in [0.15, 0.2) is 0 Å². The molecule has 1 aliphatic rings. The van der Waals surface area contributed by atoms with Crippen LogP contribution in [0.1, 0.15) is 34.5 Å². The van der Waals surface area contributed by atoms with Crippen LogP contribution in [-0.4, -0.2) is 41.2 Å². The number of nitrogens with one attached hydrogen (secondary N) is 1. The molecule has 0 radical (unpaired) electrons. The van der Waals surface area contributed by atoms with Crippen LogP contribution in [0.15, 0.2) is 42.9 Å². The number of hydrogen-bond acceptors (Lipinski definition) is 6. The number of aliphatic hydroxyl groups is 1. The lowest BCUT2D eigenvalue weighted by molar-refractivity contribution is 0.276. The first-order valence-electron chi connectivity index (χ1n) is 8.91. The third kappa shape index (κ3) is 2.65. The topological polar surface area (TPSA) is 95.2 Å². The van der Waals surface area contributed by atoms with Crippen LogP contribution in [0.4, 0.5) is 5.95 Å². The van der Waals surface area contributed by atoms with Crippen LogP contribution >= 0.6 is 0 Å². The highest BCUT2D eigenvalue weighted by atomic mass is 16.3. The average Bonchev–Trinajstić information content (AvgIpc) is 3.33. The Kier molecular flexibility index (Phi) is 3.64. The van der Waals surface area contributed by atoms with E-state index in [1.165, 1.54) is 0 Å². The van der Waals surface area contributed by atoms with E-state index in [1.807, 2.05) is 35.8 Å². The number of aromatic amines is 1. The van der Waals surface area contributed by atoms with Crippen LogP contribution < -0.4 is 4.90 Å². The van der Waals surface area contributed by atoms with Gasteiger partial charge in [-0.1, -0.05) is 6.07 Å². The molecular formula is C19H19N7O. The lowest BCUT2D eigenvalue weighted by atomic mass is 10.00. The fraction of sp³-hybridized carbons (Fsp3) is 0.263. The number of imidazole rings is 1. The molecule has 4 aromatic heterocycles. The minimum atomic E-state index is -0.187. The normalized spacial score (nSPS) is 16.7. The molecule has 0 unspecified atom stereocenters. The predicted molar refractivity (Wildman–Crippen MR) is 99.4 cm³/mol. The number of fused-ring (bicyclic) bond motifs is 2. The predicted octanol–water partition coefficient (Wildman–Crippen LogP) is 1.80. The maximum Gasteiger partial charge on any atom is 0.226 e. The zero-order valence-corrected chi connectivity index (χ0v) is 14.9.